The topological polar surface area (TPSA) is 75.0 Å². The van der Waals surface area contributed by atoms with Crippen LogP contribution in [0.25, 0.3) is 0 Å². The van der Waals surface area contributed by atoms with Crippen molar-refractivity contribution in [2.45, 2.75) is 25.8 Å². The Morgan fingerprint density at radius 3 is 2.68 bits per heavy atom. The van der Waals surface area contributed by atoms with Crippen LogP contribution in [0.15, 0.2) is 36.4 Å². The molecule has 0 saturated carbocycles. The summed E-state index contributed by atoms with van der Waals surface area (Å²) in [5.41, 5.74) is 9.27. The summed E-state index contributed by atoms with van der Waals surface area (Å²) in [6, 6.07) is 11.2. The second kappa shape index (κ2) is 11.3. The van der Waals surface area contributed by atoms with Crippen LogP contribution in [-0.4, -0.2) is 43.7 Å². The van der Waals surface area contributed by atoms with E-state index in [4.69, 9.17) is 5.73 Å². The van der Waals surface area contributed by atoms with E-state index in [1.807, 2.05) is 18.2 Å². The number of anilines is 1. The van der Waals surface area contributed by atoms with Gasteiger partial charge in [0.25, 0.3) is 0 Å². The number of benzene rings is 1. The number of nitrogen functional groups attached to an aromatic ring is 1. The van der Waals surface area contributed by atoms with Gasteiger partial charge in [0.05, 0.1) is 0 Å². The van der Waals surface area contributed by atoms with Crippen molar-refractivity contribution < 1.29 is 4.39 Å². The van der Waals surface area contributed by atoms with Gasteiger partial charge in [-0.05, 0) is 74.2 Å². The lowest BCUT2D eigenvalue weighted by Crippen LogP contribution is -2.40. The van der Waals surface area contributed by atoms with Crippen LogP contribution in [0.5, 0.6) is 0 Å². The van der Waals surface area contributed by atoms with Crippen molar-refractivity contribution in [2.24, 2.45) is 5.92 Å². The maximum Gasteiger partial charge on any atom is 0.123 e. The molecule has 1 aliphatic heterocycles. The molecule has 154 valence electrons. The van der Waals surface area contributed by atoms with Gasteiger partial charge in [0.1, 0.15) is 11.6 Å². The molecule has 2 atom stereocenters. The van der Waals surface area contributed by atoms with Crippen LogP contribution in [0, 0.1) is 18.7 Å². The van der Waals surface area contributed by atoms with Crippen molar-refractivity contribution in [1.29, 1.82) is 0 Å². The molecule has 2 aromatic rings. The molecule has 1 aromatic carbocycles. The Bertz CT molecular complexity index is 705. The van der Waals surface area contributed by atoms with Crippen molar-refractivity contribution in [2.75, 3.05) is 38.5 Å². The highest BCUT2D eigenvalue weighted by molar-refractivity contribution is 5.85. The van der Waals surface area contributed by atoms with E-state index in [2.05, 4.69) is 33.9 Å². The Morgan fingerprint density at radius 1 is 1.14 bits per heavy atom. The second-order valence-electron chi connectivity index (χ2n) is 7.37. The molecule has 28 heavy (non-hydrogen) atoms. The van der Waals surface area contributed by atoms with E-state index in [1.165, 1.54) is 17.7 Å². The Kier molecular flexibility index (Phi) is 9.12. The zero-order valence-electron chi connectivity index (χ0n) is 16.4. The molecule has 1 fully saturated rings. The Labute approximate surface area is 173 Å². The van der Waals surface area contributed by atoms with Crippen LogP contribution in [0.3, 0.4) is 0 Å². The first kappa shape index (κ1) is 22.6. The fourth-order valence-electron chi connectivity index (χ4n) is 3.68. The standard InChI is InChI=1S/C21H30FN5.ClH/c1-15-10-19(27-21(23)11-15)12-17-13-25-14-20(17)26-9-8-24-7-6-16-2-4-18(22)5-3-16;/h2-5,10-11,17,20,24-26H,6-9,12-14H2,1H3,(H2,23,27);1H/t17-,20+;/m0./s1. The van der Waals surface area contributed by atoms with Crippen LogP contribution in [0.1, 0.15) is 16.8 Å². The summed E-state index contributed by atoms with van der Waals surface area (Å²) in [7, 11) is 0. The summed E-state index contributed by atoms with van der Waals surface area (Å²) in [6.45, 7) is 6.79. The van der Waals surface area contributed by atoms with Crippen LogP contribution < -0.4 is 21.7 Å². The molecule has 0 bridgehead atoms. The van der Waals surface area contributed by atoms with Gasteiger partial charge in [-0.25, -0.2) is 9.37 Å². The number of nitrogens with one attached hydrogen (secondary N) is 3. The minimum atomic E-state index is -0.181. The maximum atomic E-state index is 12.9. The summed E-state index contributed by atoms with van der Waals surface area (Å²) in [6.07, 6.45) is 1.85. The third kappa shape index (κ3) is 7.02. The van der Waals surface area contributed by atoms with E-state index in [0.717, 1.165) is 56.8 Å². The number of pyridine rings is 1. The Hall–Kier alpha value is -1.73. The van der Waals surface area contributed by atoms with Crippen molar-refractivity contribution in [3.8, 4) is 0 Å². The minimum Gasteiger partial charge on any atom is -0.384 e. The molecule has 7 heteroatoms. The van der Waals surface area contributed by atoms with Gasteiger partial charge in [0, 0.05) is 31.4 Å². The number of aromatic nitrogens is 1. The summed E-state index contributed by atoms with van der Waals surface area (Å²) in [5, 5.41) is 10.6. The van der Waals surface area contributed by atoms with Crippen LogP contribution >= 0.6 is 12.4 Å². The average molecular weight is 408 g/mol. The van der Waals surface area contributed by atoms with Crippen LogP contribution in [0.2, 0.25) is 0 Å². The number of aryl methyl sites for hydroxylation is 1. The van der Waals surface area contributed by atoms with Gasteiger partial charge in [-0.3, -0.25) is 0 Å². The Balaban J connectivity index is 0.00000280. The van der Waals surface area contributed by atoms with E-state index >= 15 is 0 Å². The molecule has 2 heterocycles. The van der Waals surface area contributed by atoms with Crippen LogP contribution in [0.4, 0.5) is 10.2 Å². The lowest BCUT2D eigenvalue weighted by atomic mass is 9.97. The summed E-state index contributed by atoms with van der Waals surface area (Å²) >= 11 is 0. The molecule has 1 aliphatic rings. The van der Waals surface area contributed by atoms with Gasteiger partial charge in [0.15, 0.2) is 0 Å². The Morgan fingerprint density at radius 2 is 1.93 bits per heavy atom. The van der Waals surface area contributed by atoms with Crippen molar-refractivity contribution in [3.63, 3.8) is 0 Å². The number of nitrogens with zero attached hydrogens (tertiary/aromatic N) is 1. The van der Waals surface area contributed by atoms with E-state index in [0.29, 0.717) is 17.8 Å². The maximum absolute atomic E-state index is 12.9. The molecule has 5 nitrogen and oxygen atoms in total. The fraction of sp³-hybridized carbons (Fsp3) is 0.476. The van der Waals surface area contributed by atoms with Crippen molar-refractivity contribution in [3.05, 3.63) is 59.0 Å². The highest BCUT2D eigenvalue weighted by atomic mass is 35.5. The molecular formula is C21H31ClFN5. The first-order valence-electron chi connectivity index (χ1n) is 9.72. The molecule has 5 N–H and O–H groups in total. The zero-order chi connectivity index (χ0) is 19.1. The highest BCUT2D eigenvalue weighted by Gasteiger charge is 2.26. The molecule has 0 aliphatic carbocycles. The van der Waals surface area contributed by atoms with E-state index in [9.17, 15) is 4.39 Å². The van der Waals surface area contributed by atoms with E-state index < -0.39 is 0 Å². The summed E-state index contributed by atoms with van der Waals surface area (Å²) in [5.74, 6) is 0.947. The monoisotopic (exact) mass is 407 g/mol. The van der Waals surface area contributed by atoms with Crippen molar-refractivity contribution >= 4 is 18.2 Å². The number of rotatable bonds is 9. The van der Waals surface area contributed by atoms with Crippen LogP contribution in [-0.2, 0) is 12.8 Å². The normalized spacial score (nSPS) is 18.8. The average Bonchev–Trinajstić information content (AvgIpc) is 3.05. The molecule has 0 spiro atoms. The number of hydrogen-bond donors (Lipinski definition) is 4. The molecule has 3 rings (SSSR count). The predicted molar refractivity (Wildman–Crippen MR) is 115 cm³/mol. The number of halogens is 2. The van der Waals surface area contributed by atoms with E-state index in [1.54, 1.807) is 0 Å². The molecule has 0 radical (unpaired) electrons. The van der Waals surface area contributed by atoms with Crippen molar-refractivity contribution in [1.82, 2.24) is 20.9 Å². The molecular weight excluding hydrogens is 377 g/mol. The van der Waals surface area contributed by atoms with Gasteiger partial charge in [-0.1, -0.05) is 12.1 Å². The largest absolute Gasteiger partial charge is 0.384 e. The van der Waals surface area contributed by atoms with Gasteiger partial charge in [0.2, 0.25) is 0 Å². The number of hydrogen-bond acceptors (Lipinski definition) is 5. The fourth-order valence-corrected chi connectivity index (χ4v) is 3.68. The third-order valence-electron chi connectivity index (χ3n) is 5.07. The lowest BCUT2D eigenvalue weighted by Gasteiger charge is -2.20. The quantitative estimate of drug-likeness (QED) is 0.479. The SMILES string of the molecule is Cc1cc(N)nc(C[C@H]2CNC[C@H]2NCCNCCc2ccc(F)cc2)c1.Cl. The smallest absolute Gasteiger partial charge is 0.123 e. The minimum absolute atomic E-state index is 0. The molecule has 0 unspecified atom stereocenters. The van der Waals surface area contributed by atoms with Gasteiger partial charge < -0.3 is 21.7 Å². The summed E-state index contributed by atoms with van der Waals surface area (Å²) < 4.78 is 12.9. The molecule has 1 aromatic heterocycles. The predicted octanol–water partition coefficient (Wildman–Crippen LogP) is 2.09. The summed E-state index contributed by atoms with van der Waals surface area (Å²) in [4.78, 5) is 4.47. The lowest BCUT2D eigenvalue weighted by molar-refractivity contribution is 0.419. The third-order valence-corrected chi connectivity index (χ3v) is 5.07. The van der Waals surface area contributed by atoms with Gasteiger partial charge in [-0.2, -0.15) is 0 Å². The van der Waals surface area contributed by atoms with Gasteiger partial charge in [-0.15, -0.1) is 12.4 Å². The number of nitrogens with two attached hydrogens (primary N) is 1. The first-order chi connectivity index (χ1) is 13.1. The van der Waals surface area contributed by atoms with E-state index in [-0.39, 0.29) is 18.2 Å². The first-order valence-corrected chi connectivity index (χ1v) is 9.72. The molecule has 0 amide bonds. The highest BCUT2D eigenvalue weighted by Crippen LogP contribution is 2.17. The molecule has 1 saturated heterocycles. The second-order valence-corrected chi connectivity index (χ2v) is 7.37. The van der Waals surface area contributed by atoms with Gasteiger partial charge >= 0.3 is 0 Å². The zero-order valence-corrected chi connectivity index (χ0v) is 17.2.